The molecule has 1 aromatic heterocycles. The number of nitrogens with one attached hydrogen (secondary N) is 1. The number of benzene rings is 1. The van der Waals surface area contributed by atoms with Gasteiger partial charge in [-0.25, -0.2) is 4.98 Å². The van der Waals surface area contributed by atoms with E-state index in [-0.39, 0.29) is 30.6 Å². The summed E-state index contributed by atoms with van der Waals surface area (Å²) < 4.78 is 5.79. The summed E-state index contributed by atoms with van der Waals surface area (Å²) in [5, 5.41) is 9.38. The normalized spacial score (nSPS) is 28.0. The summed E-state index contributed by atoms with van der Waals surface area (Å²) in [5.41, 5.74) is 2.40. The Hall–Kier alpha value is -1.92. The number of imidazole rings is 1. The Kier molecular flexibility index (Phi) is 3.35. The predicted octanol–water partition coefficient (Wildman–Crippen LogP) is 1.17. The number of aromatic amines is 1. The fourth-order valence-corrected chi connectivity index (χ4v) is 3.69. The molecule has 0 radical (unpaired) electrons. The lowest BCUT2D eigenvalue weighted by Gasteiger charge is -2.37. The number of fused-ring (bicyclic) bond motifs is 2. The van der Waals surface area contributed by atoms with Crippen LogP contribution in [0.3, 0.4) is 0 Å². The number of morpholine rings is 1. The minimum absolute atomic E-state index is 0.0355. The Morgan fingerprint density at radius 1 is 1.45 bits per heavy atom. The van der Waals surface area contributed by atoms with Gasteiger partial charge in [0.15, 0.2) is 0 Å². The van der Waals surface area contributed by atoms with Gasteiger partial charge in [0.05, 0.1) is 36.1 Å². The molecule has 1 amide bonds. The van der Waals surface area contributed by atoms with E-state index >= 15 is 0 Å². The largest absolute Gasteiger partial charge is 0.396 e. The first kappa shape index (κ1) is 13.7. The molecule has 22 heavy (non-hydrogen) atoms. The molecular weight excluding hydrogens is 282 g/mol. The zero-order valence-corrected chi connectivity index (χ0v) is 12.2. The van der Waals surface area contributed by atoms with Crippen LogP contribution in [0.15, 0.2) is 24.5 Å². The van der Waals surface area contributed by atoms with Crippen LogP contribution in [0.2, 0.25) is 0 Å². The van der Waals surface area contributed by atoms with Crippen molar-refractivity contribution in [3.63, 3.8) is 0 Å². The van der Waals surface area contributed by atoms with Gasteiger partial charge in [-0.2, -0.15) is 0 Å². The Labute approximate surface area is 128 Å². The van der Waals surface area contributed by atoms with Crippen molar-refractivity contribution in [3.05, 3.63) is 30.1 Å². The van der Waals surface area contributed by atoms with Crippen LogP contribution in [0.1, 0.15) is 23.2 Å². The molecule has 4 rings (SSSR count). The maximum Gasteiger partial charge on any atom is 0.254 e. The van der Waals surface area contributed by atoms with Crippen LogP contribution in [0.5, 0.6) is 0 Å². The molecule has 116 valence electrons. The summed E-state index contributed by atoms with van der Waals surface area (Å²) in [5.74, 6) is 0.270. The van der Waals surface area contributed by atoms with Crippen molar-refractivity contribution < 1.29 is 14.6 Å². The van der Waals surface area contributed by atoms with Crippen LogP contribution in [0, 0.1) is 5.92 Å². The van der Waals surface area contributed by atoms with Gasteiger partial charge in [0.2, 0.25) is 0 Å². The number of aliphatic hydroxyl groups is 1. The predicted molar refractivity (Wildman–Crippen MR) is 80.5 cm³/mol. The molecule has 1 aliphatic carbocycles. The first-order chi connectivity index (χ1) is 10.8. The van der Waals surface area contributed by atoms with Gasteiger partial charge in [0.1, 0.15) is 0 Å². The summed E-state index contributed by atoms with van der Waals surface area (Å²) in [6.07, 6.45) is 3.35. The molecule has 1 aromatic carbocycles. The number of H-pyrrole nitrogens is 1. The van der Waals surface area contributed by atoms with E-state index in [4.69, 9.17) is 4.74 Å². The molecule has 0 bridgehead atoms. The summed E-state index contributed by atoms with van der Waals surface area (Å²) >= 11 is 0. The zero-order valence-electron chi connectivity index (χ0n) is 12.2. The third-order valence-electron chi connectivity index (χ3n) is 4.82. The topological polar surface area (TPSA) is 78.5 Å². The van der Waals surface area contributed by atoms with Crippen LogP contribution in [-0.2, 0) is 4.74 Å². The molecule has 0 spiro atoms. The van der Waals surface area contributed by atoms with Crippen LogP contribution >= 0.6 is 0 Å². The van der Waals surface area contributed by atoms with Gasteiger partial charge in [-0.3, -0.25) is 4.79 Å². The highest BCUT2D eigenvalue weighted by atomic mass is 16.5. The van der Waals surface area contributed by atoms with E-state index < -0.39 is 0 Å². The molecule has 2 heterocycles. The highest BCUT2D eigenvalue weighted by Gasteiger charge is 2.42. The van der Waals surface area contributed by atoms with Crippen molar-refractivity contribution in [1.29, 1.82) is 0 Å². The average Bonchev–Trinajstić information content (AvgIpc) is 3.18. The van der Waals surface area contributed by atoms with Crippen molar-refractivity contribution in [2.45, 2.75) is 25.0 Å². The van der Waals surface area contributed by atoms with Gasteiger partial charge in [-0.05, 0) is 37.0 Å². The second kappa shape index (κ2) is 5.37. The minimum Gasteiger partial charge on any atom is -0.396 e. The van der Waals surface area contributed by atoms with E-state index in [1.54, 1.807) is 6.33 Å². The zero-order chi connectivity index (χ0) is 15.1. The van der Waals surface area contributed by atoms with Crippen LogP contribution < -0.4 is 0 Å². The molecular formula is C16H19N3O3. The number of amides is 1. The maximum atomic E-state index is 12.9. The van der Waals surface area contributed by atoms with Gasteiger partial charge in [-0.1, -0.05) is 0 Å². The molecule has 1 saturated heterocycles. The van der Waals surface area contributed by atoms with E-state index in [0.29, 0.717) is 18.7 Å². The van der Waals surface area contributed by atoms with E-state index in [0.717, 1.165) is 23.9 Å². The van der Waals surface area contributed by atoms with Crippen LogP contribution in [-0.4, -0.2) is 57.8 Å². The standard InChI is InChI=1S/C16H19N3O3/c20-8-10-5-14-15(6-10)22-4-3-19(14)16(21)11-1-2-12-13(7-11)18-9-17-12/h1-2,7,9-10,14-15,20H,3-6,8H2,(H,17,18)/t10-,14+,15+/m1/s1. The Bertz CT molecular complexity index is 699. The third-order valence-corrected chi connectivity index (χ3v) is 4.82. The van der Waals surface area contributed by atoms with Crippen LogP contribution in [0.25, 0.3) is 11.0 Å². The highest BCUT2D eigenvalue weighted by Crippen LogP contribution is 2.34. The number of carbonyl (C=O) groups is 1. The second-order valence-electron chi connectivity index (χ2n) is 6.13. The number of rotatable bonds is 2. The lowest BCUT2D eigenvalue weighted by atomic mass is 10.1. The molecule has 0 unspecified atom stereocenters. The van der Waals surface area contributed by atoms with Gasteiger partial charge in [0, 0.05) is 18.7 Å². The van der Waals surface area contributed by atoms with Gasteiger partial charge in [0.25, 0.3) is 5.91 Å². The third kappa shape index (κ3) is 2.19. The smallest absolute Gasteiger partial charge is 0.254 e. The maximum absolute atomic E-state index is 12.9. The molecule has 1 aliphatic heterocycles. The molecule has 2 N–H and O–H groups in total. The number of hydrogen-bond acceptors (Lipinski definition) is 4. The van der Waals surface area contributed by atoms with E-state index in [1.165, 1.54) is 0 Å². The SMILES string of the molecule is O=C(c1ccc2nc[nH]c2c1)N1CCO[C@H]2C[C@H](CO)C[C@@H]21. The number of hydrogen-bond donors (Lipinski definition) is 2. The first-order valence-electron chi connectivity index (χ1n) is 7.73. The quantitative estimate of drug-likeness (QED) is 0.873. The number of aromatic nitrogens is 2. The lowest BCUT2D eigenvalue weighted by Crippen LogP contribution is -2.51. The Morgan fingerprint density at radius 3 is 3.23 bits per heavy atom. The van der Waals surface area contributed by atoms with E-state index in [2.05, 4.69) is 9.97 Å². The fourth-order valence-electron chi connectivity index (χ4n) is 3.69. The molecule has 6 nitrogen and oxygen atoms in total. The Morgan fingerprint density at radius 2 is 2.36 bits per heavy atom. The first-order valence-corrected chi connectivity index (χ1v) is 7.73. The molecule has 6 heteroatoms. The average molecular weight is 301 g/mol. The molecule has 3 atom stereocenters. The van der Waals surface area contributed by atoms with Crippen molar-refractivity contribution in [3.8, 4) is 0 Å². The van der Waals surface area contributed by atoms with Crippen molar-refractivity contribution in [2.75, 3.05) is 19.8 Å². The molecule has 2 fully saturated rings. The van der Waals surface area contributed by atoms with Gasteiger partial charge in [-0.15, -0.1) is 0 Å². The molecule has 1 saturated carbocycles. The summed E-state index contributed by atoms with van der Waals surface area (Å²) in [4.78, 5) is 22.0. The molecule has 2 aliphatic rings. The summed E-state index contributed by atoms with van der Waals surface area (Å²) in [6, 6.07) is 5.63. The number of nitrogens with zero attached hydrogens (tertiary/aromatic N) is 2. The lowest BCUT2D eigenvalue weighted by molar-refractivity contribution is -0.0448. The Balaban J connectivity index is 1.60. The van der Waals surface area contributed by atoms with Gasteiger partial charge >= 0.3 is 0 Å². The second-order valence-corrected chi connectivity index (χ2v) is 6.13. The molecule has 2 aromatic rings. The highest BCUT2D eigenvalue weighted by molar-refractivity contribution is 5.97. The summed E-state index contributed by atoms with van der Waals surface area (Å²) in [7, 11) is 0. The van der Waals surface area contributed by atoms with E-state index in [9.17, 15) is 9.90 Å². The van der Waals surface area contributed by atoms with Crippen molar-refractivity contribution in [2.24, 2.45) is 5.92 Å². The van der Waals surface area contributed by atoms with E-state index in [1.807, 2.05) is 23.1 Å². The van der Waals surface area contributed by atoms with Crippen molar-refractivity contribution >= 4 is 16.9 Å². The monoisotopic (exact) mass is 301 g/mol. The van der Waals surface area contributed by atoms with Crippen LogP contribution in [0.4, 0.5) is 0 Å². The fraction of sp³-hybridized carbons (Fsp3) is 0.500. The number of aliphatic hydroxyl groups excluding tert-OH is 1. The number of ether oxygens (including phenoxy) is 1. The summed E-state index contributed by atoms with van der Waals surface area (Å²) in [6.45, 7) is 1.34. The number of carbonyl (C=O) groups excluding carboxylic acids is 1. The minimum atomic E-state index is 0.0355. The van der Waals surface area contributed by atoms with Gasteiger partial charge < -0.3 is 19.7 Å². The van der Waals surface area contributed by atoms with Crippen molar-refractivity contribution in [1.82, 2.24) is 14.9 Å².